The summed E-state index contributed by atoms with van der Waals surface area (Å²) < 4.78 is 59.0. The van der Waals surface area contributed by atoms with Crippen molar-refractivity contribution in [2.45, 2.75) is 24.4 Å². The maximum atomic E-state index is 12.0. The van der Waals surface area contributed by atoms with E-state index in [0.29, 0.717) is 10.0 Å². The van der Waals surface area contributed by atoms with E-state index in [9.17, 15) is 26.4 Å². The number of carbonyl (C=O) groups excluding carboxylic acids is 1. The van der Waals surface area contributed by atoms with E-state index < -0.39 is 35.1 Å². The Morgan fingerprint density at radius 3 is 2.43 bits per heavy atom. The predicted molar refractivity (Wildman–Crippen MR) is 73.3 cm³/mol. The Kier molecular flexibility index (Phi) is 5.40. The van der Waals surface area contributed by atoms with Gasteiger partial charge in [0.2, 0.25) is 10.0 Å². The fourth-order valence-electron chi connectivity index (χ4n) is 1.47. The van der Waals surface area contributed by atoms with Gasteiger partial charge < -0.3 is 5.32 Å². The Labute approximate surface area is 127 Å². The maximum absolute atomic E-state index is 12.0. The molecule has 0 aliphatic carbocycles. The van der Waals surface area contributed by atoms with Crippen LogP contribution in [0.4, 0.5) is 13.2 Å². The first-order chi connectivity index (χ1) is 9.42. The minimum Gasteiger partial charge on any atom is -0.352 e. The molecule has 0 radical (unpaired) electrons. The van der Waals surface area contributed by atoms with Gasteiger partial charge in [0.1, 0.15) is 0 Å². The number of sulfonamides is 1. The molecule has 1 aromatic carbocycles. The van der Waals surface area contributed by atoms with Gasteiger partial charge in [0.15, 0.2) is 0 Å². The number of halogens is 4. The molecule has 1 aromatic rings. The molecule has 0 aromatic heterocycles. The molecule has 0 bridgehead atoms. The van der Waals surface area contributed by atoms with E-state index in [4.69, 9.17) is 5.14 Å². The Bertz CT molecular complexity index is 659. The number of nitrogens with one attached hydrogen (secondary N) is 1. The zero-order valence-corrected chi connectivity index (χ0v) is 13.2. The monoisotopic (exact) mass is 388 g/mol. The zero-order chi connectivity index (χ0) is 16.4. The summed E-state index contributed by atoms with van der Waals surface area (Å²) in [5.41, 5.74) is 0.336. The third-order valence-corrected chi connectivity index (χ3v) is 4.30. The zero-order valence-electron chi connectivity index (χ0n) is 10.8. The highest BCUT2D eigenvalue weighted by molar-refractivity contribution is 9.10. The molecule has 3 N–H and O–H groups in total. The van der Waals surface area contributed by atoms with Crippen molar-refractivity contribution in [2.24, 2.45) is 5.14 Å². The molecule has 0 aliphatic rings. The number of amides is 1. The summed E-state index contributed by atoms with van der Waals surface area (Å²) in [5.74, 6) is -0.803. The highest BCUT2D eigenvalue weighted by atomic mass is 79.9. The van der Waals surface area contributed by atoms with E-state index >= 15 is 0 Å². The van der Waals surface area contributed by atoms with Crippen LogP contribution < -0.4 is 10.5 Å². The molecule has 0 fully saturated rings. The summed E-state index contributed by atoms with van der Waals surface area (Å²) in [6.45, 7) is 0.925. The van der Waals surface area contributed by atoms with Gasteiger partial charge in [-0.25, -0.2) is 13.6 Å². The van der Waals surface area contributed by atoms with Gasteiger partial charge in [0, 0.05) is 16.6 Å². The molecule has 0 saturated heterocycles. The summed E-state index contributed by atoms with van der Waals surface area (Å²) in [6.07, 6.45) is -5.56. The Balaban J connectivity index is 3.02. The number of hydrogen-bond donors (Lipinski definition) is 2. The van der Waals surface area contributed by atoms with Crippen molar-refractivity contribution in [3.8, 4) is 0 Å². The molecule has 0 atom stereocenters. The van der Waals surface area contributed by atoms with Gasteiger partial charge in [-0.2, -0.15) is 13.2 Å². The average molecular weight is 389 g/mol. The highest BCUT2D eigenvalue weighted by Crippen LogP contribution is 2.24. The molecule has 0 spiro atoms. The van der Waals surface area contributed by atoms with Crippen LogP contribution in [0, 0.1) is 6.92 Å². The van der Waals surface area contributed by atoms with Crippen molar-refractivity contribution in [3.63, 3.8) is 0 Å². The normalized spacial score (nSPS) is 12.3. The first-order valence-corrected chi connectivity index (χ1v) is 7.93. The summed E-state index contributed by atoms with van der Waals surface area (Å²) >= 11 is 3.08. The van der Waals surface area contributed by atoms with Crippen molar-refractivity contribution in [1.82, 2.24) is 5.32 Å². The summed E-state index contributed by atoms with van der Waals surface area (Å²) in [5, 5.41) is 7.06. The number of primary sulfonamides is 1. The smallest absolute Gasteiger partial charge is 0.352 e. The second-order valence-corrected chi connectivity index (χ2v) is 6.66. The van der Waals surface area contributed by atoms with Crippen molar-refractivity contribution in [2.75, 3.05) is 6.54 Å². The van der Waals surface area contributed by atoms with E-state index in [1.54, 1.807) is 0 Å². The van der Waals surface area contributed by atoms with E-state index in [1.165, 1.54) is 13.0 Å². The number of rotatable bonds is 4. The molecule has 21 heavy (non-hydrogen) atoms. The van der Waals surface area contributed by atoms with Crippen molar-refractivity contribution in [1.29, 1.82) is 0 Å². The second-order valence-electron chi connectivity index (χ2n) is 4.24. The largest absolute Gasteiger partial charge is 0.390 e. The van der Waals surface area contributed by atoms with Gasteiger partial charge in [0.25, 0.3) is 5.91 Å². The van der Waals surface area contributed by atoms with E-state index in [0.717, 1.165) is 6.07 Å². The van der Waals surface area contributed by atoms with Crippen molar-refractivity contribution in [3.05, 3.63) is 27.7 Å². The molecular weight excluding hydrogens is 377 g/mol. The van der Waals surface area contributed by atoms with Crippen LogP contribution in [0.1, 0.15) is 22.3 Å². The van der Waals surface area contributed by atoms with Gasteiger partial charge in [-0.05, 0) is 24.6 Å². The van der Waals surface area contributed by atoms with Crippen LogP contribution in [0.15, 0.2) is 21.5 Å². The third-order valence-electron chi connectivity index (χ3n) is 2.59. The molecular formula is C11H12BrF3N2O3S. The Hall–Kier alpha value is -1.13. The van der Waals surface area contributed by atoms with E-state index in [2.05, 4.69) is 21.2 Å². The number of alkyl halides is 3. The van der Waals surface area contributed by atoms with Gasteiger partial charge in [-0.1, -0.05) is 15.9 Å². The number of carbonyl (C=O) groups is 1. The van der Waals surface area contributed by atoms with Gasteiger partial charge in [-0.3, -0.25) is 4.79 Å². The lowest BCUT2D eigenvalue weighted by Crippen LogP contribution is -2.28. The van der Waals surface area contributed by atoms with Crippen molar-refractivity contribution < 1.29 is 26.4 Å². The molecule has 0 aliphatic heterocycles. The van der Waals surface area contributed by atoms with E-state index in [1.807, 2.05) is 0 Å². The third kappa shape index (κ3) is 5.29. The molecule has 0 heterocycles. The van der Waals surface area contributed by atoms with Crippen LogP contribution in [-0.4, -0.2) is 27.0 Å². The summed E-state index contributed by atoms with van der Waals surface area (Å²) in [7, 11) is -4.03. The number of hydrogen-bond acceptors (Lipinski definition) is 3. The van der Waals surface area contributed by atoms with Crippen LogP contribution in [0.5, 0.6) is 0 Å². The van der Waals surface area contributed by atoms with Crippen LogP contribution in [-0.2, 0) is 10.0 Å². The molecule has 1 rings (SSSR count). The lowest BCUT2D eigenvalue weighted by molar-refractivity contribution is -0.132. The highest BCUT2D eigenvalue weighted by Gasteiger charge is 2.27. The van der Waals surface area contributed by atoms with Crippen LogP contribution in [0.2, 0.25) is 0 Å². The maximum Gasteiger partial charge on any atom is 0.390 e. The van der Waals surface area contributed by atoms with Crippen LogP contribution >= 0.6 is 15.9 Å². The fourth-order valence-corrected chi connectivity index (χ4v) is 2.64. The number of benzene rings is 1. The molecule has 0 unspecified atom stereocenters. The molecule has 1 amide bonds. The van der Waals surface area contributed by atoms with E-state index in [-0.39, 0.29) is 10.5 Å². The Morgan fingerprint density at radius 2 is 1.95 bits per heavy atom. The predicted octanol–water partition coefficient (Wildman–Crippen LogP) is 2.09. The van der Waals surface area contributed by atoms with Gasteiger partial charge in [0.05, 0.1) is 11.3 Å². The lowest BCUT2D eigenvalue weighted by Gasteiger charge is -2.12. The molecule has 0 saturated carbocycles. The first-order valence-electron chi connectivity index (χ1n) is 5.60. The SMILES string of the molecule is Cc1c(Br)cc(S(N)(=O)=O)cc1C(=O)NCCC(F)(F)F. The standard InChI is InChI=1S/C11H12BrF3N2O3S/c1-6-8(10(18)17-3-2-11(13,14)15)4-7(5-9(6)12)21(16,19)20/h4-5H,2-3H2,1H3,(H,17,18)(H2,16,19,20). The number of nitrogens with two attached hydrogens (primary N) is 1. The first kappa shape index (κ1) is 17.9. The quantitative estimate of drug-likeness (QED) is 0.827. The minimum atomic E-state index is -4.38. The van der Waals surface area contributed by atoms with Crippen molar-refractivity contribution >= 4 is 31.9 Å². The summed E-state index contributed by atoms with van der Waals surface area (Å²) in [4.78, 5) is 11.5. The Morgan fingerprint density at radius 1 is 1.38 bits per heavy atom. The minimum absolute atomic E-state index is 0.0597. The average Bonchev–Trinajstić information content (AvgIpc) is 2.29. The molecule has 10 heteroatoms. The molecule has 5 nitrogen and oxygen atoms in total. The fraction of sp³-hybridized carbons (Fsp3) is 0.364. The topological polar surface area (TPSA) is 89.3 Å². The molecule has 118 valence electrons. The lowest BCUT2D eigenvalue weighted by atomic mass is 10.1. The van der Waals surface area contributed by atoms with Crippen LogP contribution in [0.25, 0.3) is 0 Å². The van der Waals surface area contributed by atoms with Gasteiger partial charge >= 0.3 is 6.18 Å². The summed E-state index contributed by atoms with van der Waals surface area (Å²) in [6, 6.07) is 2.25. The van der Waals surface area contributed by atoms with Gasteiger partial charge in [-0.15, -0.1) is 0 Å². The second kappa shape index (κ2) is 6.32. The van der Waals surface area contributed by atoms with Crippen LogP contribution in [0.3, 0.4) is 0 Å².